The van der Waals surface area contributed by atoms with Crippen molar-refractivity contribution in [3.8, 4) is 5.75 Å². The second-order valence-corrected chi connectivity index (χ2v) is 5.06. The molecule has 2 rings (SSSR count). The maximum atomic E-state index is 5.48. The molecular weight excluding hydrogens is 246 g/mol. The topological polar surface area (TPSA) is 22.1 Å². The van der Waals surface area contributed by atoms with Crippen molar-refractivity contribution in [2.45, 2.75) is 39.5 Å². The van der Waals surface area contributed by atoms with E-state index in [0.29, 0.717) is 12.5 Å². The first-order valence-electron chi connectivity index (χ1n) is 7.42. The molecule has 1 atom stereocenters. The summed E-state index contributed by atoms with van der Waals surface area (Å²) in [4.78, 5) is 4.54. The molecule has 0 aliphatic carbocycles. The lowest BCUT2D eigenvalue weighted by atomic mass is 9.94. The molecule has 2 heteroatoms. The Labute approximate surface area is 121 Å². The van der Waals surface area contributed by atoms with Gasteiger partial charge in [-0.05, 0) is 42.7 Å². The van der Waals surface area contributed by atoms with E-state index in [4.69, 9.17) is 4.74 Å². The van der Waals surface area contributed by atoms with Crippen LogP contribution in [0.2, 0.25) is 0 Å². The highest BCUT2D eigenvalue weighted by Crippen LogP contribution is 2.25. The van der Waals surface area contributed by atoms with Gasteiger partial charge in [-0.15, -0.1) is 0 Å². The van der Waals surface area contributed by atoms with E-state index in [1.54, 1.807) is 0 Å². The maximum Gasteiger partial charge on any atom is 0.119 e. The Kier molecular flexibility index (Phi) is 5.16. The molecule has 2 nitrogen and oxygen atoms in total. The Balaban J connectivity index is 2.11. The molecule has 0 aliphatic heterocycles. The van der Waals surface area contributed by atoms with Crippen LogP contribution in [0.4, 0.5) is 0 Å². The molecule has 1 aromatic carbocycles. The Morgan fingerprint density at radius 2 is 1.70 bits per heavy atom. The number of aryl methyl sites for hydroxylation is 1. The van der Waals surface area contributed by atoms with E-state index >= 15 is 0 Å². The zero-order valence-electron chi connectivity index (χ0n) is 12.6. The van der Waals surface area contributed by atoms with E-state index in [2.05, 4.69) is 43.1 Å². The summed E-state index contributed by atoms with van der Waals surface area (Å²) < 4.78 is 5.48. The van der Waals surface area contributed by atoms with Crippen LogP contribution in [0.25, 0.3) is 0 Å². The predicted octanol–water partition coefficient (Wildman–Crippen LogP) is 4.58. The normalized spacial score (nSPS) is 12.2. The van der Waals surface area contributed by atoms with Gasteiger partial charge in [0.15, 0.2) is 0 Å². The van der Waals surface area contributed by atoms with Gasteiger partial charge in [0.1, 0.15) is 5.75 Å². The molecular formula is C18H23NO. The van der Waals surface area contributed by atoms with Gasteiger partial charge in [-0.1, -0.05) is 38.5 Å². The quantitative estimate of drug-likeness (QED) is 0.765. The third-order valence-electron chi connectivity index (χ3n) is 3.54. The first-order valence-corrected chi connectivity index (χ1v) is 7.42. The van der Waals surface area contributed by atoms with Crippen molar-refractivity contribution < 1.29 is 4.74 Å². The molecule has 0 spiro atoms. The standard InChI is InChI=1S/C18H23NO/c1-4-6-17-10-7-16(13-19-17)14(3)15-8-11-18(12-9-15)20-5-2/h7-14H,4-6H2,1-3H3. The second kappa shape index (κ2) is 7.09. The zero-order chi connectivity index (χ0) is 14.4. The third kappa shape index (κ3) is 3.60. The lowest BCUT2D eigenvalue weighted by molar-refractivity contribution is 0.340. The van der Waals surface area contributed by atoms with Gasteiger partial charge in [-0.25, -0.2) is 0 Å². The molecule has 1 aromatic heterocycles. The summed E-state index contributed by atoms with van der Waals surface area (Å²) in [7, 11) is 0. The van der Waals surface area contributed by atoms with Crippen molar-refractivity contribution in [3.63, 3.8) is 0 Å². The van der Waals surface area contributed by atoms with E-state index in [-0.39, 0.29) is 0 Å². The third-order valence-corrected chi connectivity index (χ3v) is 3.54. The number of hydrogen-bond donors (Lipinski definition) is 0. The van der Waals surface area contributed by atoms with Crippen LogP contribution in [-0.2, 0) is 6.42 Å². The molecule has 0 saturated heterocycles. The van der Waals surface area contributed by atoms with Crippen molar-refractivity contribution in [2.24, 2.45) is 0 Å². The SMILES string of the molecule is CCCc1ccc(C(C)c2ccc(OCC)cc2)cn1. The molecule has 0 saturated carbocycles. The predicted molar refractivity (Wildman–Crippen MR) is 83.4 cm³/mol. The number of ether oxygens (including phenoxy) is 1. The number of benzene rings is 1. The van der Waals surface area contributed by atoms with Gasteiger partial charge in [-0.3, -0.25) is 4.98 Å². The number of hydrogen-bond acceptors (Lipinski definition) is 2. The van der Waals surface area contributed by atoms with Gasteiger partial charge in [0.25, 0.3) is 0 Å². The average Bonchev–Trinajstić information content (AvgIpc) is 2.49. The van der Waals surface area contributed by atoms with Crippen molar-refractivity contribution in [1.29, 1.82) is 0 Å². The minimum atomic E-state index is 0.355. The van der Waals surface area contributed by atoms with Gasteiger partial charge >= 0.3 is 0 Å². The fourth-order valence-electron chi connectivity index (χ4n) is 2.31. The Morgan fingerprint density at radius 3 is 2.25 bits per heavy atom. The summed E-state index contributed by atoms with van der Waals surface area (Å²) >= 11 is 0. The molecule has 0 radical (unpaired) electrons. The van der Waals surface area contributed by atoms with E-state index in [9.17, 15) is 0 Å². The fourth-order valence-corrected chi connectivity index (χ4v) is 2.31. The van der Waals surface area contributed by atoms with E-state index in [0.717, 1.165) is 18.6 Å². The van der Waals surface area contributed by atoms with Gasteiger partial charge in [-0.2, -0.15) is 0 Å². The van der Waals surface area contributed by atoms with Crippen molar-refractivity contribution in [1.82, 2.24) is 4.98 Å². The van der Waals surface area contributed by atoms with Gasteiger partial charge < -0.3 is 4.74 Å². The molecule has 0 aliphatic rings. The van der Waals surface area contributed by atoms with Gasteiger partial charge in [0, 0.05) is 17.8 Å². The number of pyridine rings is 1. The summed E-state index contributed by atoms with van der Waals surface area (Å²) in [6.45, 7) is 7.10. The summed E-state index contributed by atoms with van der Waals surface area (Å²) in [5.74, 6) is 1.29. The number of aromatic nitrogens is 1. The summed E-state index contributed by atoms with van der Waals surface area (Å²) in [5, 5.41) is 0. The van der Waals surface area contributed by atoms with Crippen molar-refractivity contribution >= 4 is 0 Å². The first-order chi connectivity index (χ1) is 9.74. The molecule has 106 valence electrons. The smallest absolute Gasteiger partial charge is 0.119 e. The van der Waals surface area contributed by atoms with E-state index in [1.165, 1.54) is 16.8 Å². The molecule has 1 heterocycles. The summed E-state index contributed by atoms with van der Waals surface area (Å²) in [6, 6.07) is 12.7. The van der Waals surface area contributed by atoms with Gasteiger partial charge in [0.05, 0.1) is 6.61 Å². The van der Waals surface area contributed by atoms with Crippen LogP contribution >= 0.6 is 0 Å². The highest BCUT2D eigenvalue weighted by molar-refractivity contribution is 5.34. The van der Waals surface area contributed by atoms with Crippen LogP contribution in [0, 0.1) is 0 Å². The van der Waals surface area contributed by atoms with E-state index < -0.39 is 0 Å². The monoisotopic (exact) mass is 269 g/mol. The van der Waals surface area contributed by atoms with Crippen LogP contribution in [0.3, 0.4) is 0 Å². The first kappa shape index (κ1) is 14.6. The second-order valence-electron chi connectivity index (χ2n) is 5.06. The Bertz CT molecular complexity index is 467. The van der Waals surface area contributed by atoms with Crippen LogP contribution in [0.1, 0.15) is 49.9 Å². The minimum Gasteiger partial charge on any atom is -0.494 e. The fraction of sp³-hybridized carbons (Fsp3) is 0.389. The molecule has 0 fully saturated rings. The van der Waals surface area contributed by atoms with E-state index in [1.807, 2.05) is 25.3 Å². The Morgan fingerprint density at radius 1 is 1.00 bits per heavy atom. The van der Waals surface area contributed by atoms with Gasteiger partial charge in [0.2, 0.25) is 0 Å². The molecule has 1 unspecified atom stereocenters. The largest absolute Gasteiger partial charge is 0.494 e. The number of nitrogens with zero attached hydrogens (tertiary/aromatic N) is 1. The number of rotatable bonds is 6. The molecule has 0 amide bonds. The lowest BCUT2D eigenvalue weighted by Gasteiger charge is -2.13. The van der Waals surface area contributed by atoms with Crippen molar-refractivity contribution in [2.75, 3.05) is 6.61 Å². The van der Waals surface area contributed by atoms with Crippen LogP contribution in [0.15, 0.2) is 42.6 Å². The van der Waals surface area contributed by atoms with Crippen molar-refractivity contribution in [3.05, 3.63) is 59.4 Å². The molecule has 0 bridgehead atoms. The van der Waals surface area contributed by atoms with Crippen LogP contribution < -0.4 is 4.74 Å². The Hall–Kier alpha value is -1.83. The summed E-state index contributed by atoms with van der Waals surface area (Å²) in [5.41, 5.74) is 3.72. The average molecular weight is 269 g/mol. The summed E-state index contributed by atoms with van der Waals surface area (Å²) in [6.07, 6.45) is 4.20. The molecule has 20 heavy (non-hydrogen) atoms. The maximum absolute atomic E-state index is 5.48. The lowest BCUT2D eigenvalue weighted by Crippen LogP contribution is -1.99. The van der Waals surface area contributed by atoms with Crippen LogP contribution in [-0.4, -0.2) is 11.6 Å². The van der Waals surface area contributed by atoms with Crippen LogP contribution in [0.5, 0.6) is 5.75 Å². The minimum absolute atomic E-state index is 0.355. The molecule has 2 aromatic rings. The highest BCUT2D eigenvalue weighted by Gasteiger charge is 2.09. The molecule has 0 N–H and O–H groups in total. The zero-order valence-corrected chi connectivity index (χ0v) is 12.6. The highest BCUT2D eigenvalue weighted by atomic mass is 16.5.